The third-order valence-electron chi connectivity index (χ3n) is 6.96. The van der Waals surface area contributed by atoms with Crippen LogP contribution in [0.2, 0.25) is 0 Å². The van der Waals surface area contributed by atoms with Crippen LogP contribution in [0.25, 0.3) is 0 Å². The van der Waals surface area contributed by atoms with Crippen LogP contribution in [0.3, 0.4) is 0 Å². The van der Waals surface area contributed by atoms with Crippen LogP contribution in [0.1, 0.15) is 47.5 Å². The monoisotopic (exact) mass is 649 g/mol. The van der Waals surface area contributed by atoms with Gasteiger partial charge in [0.25, 0.3) is 0 Å². The van der Waals surface area contributed by atoms with E-state index < -0.39 is 62.0 Å². The molecule has 4 rings (SSSR count). The molecule has 3 aliphatic rings. The molecule has 2 heterocycles. The number of hydrogen-bond donors (Lipinski definition) is 0. The number of rotatable bonds is 9. The van der Waals surface area contributed by atoms with Crippen molar-refractivity contribution in [2.45, 2.75) is 82.8 Å². The quantitative estimate of drug-likeness (QED) is 0.226. The van der Waals surface area contributed by atoms with Crippen LogP contribution in [0.15, 0.2) is 35.5 Å². The molecule has 1 aliphatic carbocycles. The summed E-state index contributed by atoms with van der Waals surface area (Å²) < 4.78 is 36.6. The number of nitrogens with zero attached hydrogens (tertiary/aromatic N) is 1. The average Bonchev–Trinajstić information content (AvgIpc) is 3.50. The Hall–Kier alpha value is -1.74. The van der Waals surface area contributed by atoms with E-state index in [9.17, 15) is 9.59 Å². The molecule has 11 heteroatoms. The molecule has 1 aromatic carbocycles. The van der Waals surface area contributed by atoms with E-state index >= 15 is 0 Å². The van der Waals surface area contributed by atoms with Crippen molar-refractivity contribution in [1.29, 1.82) is 0 Å². The fraction of sp³-hybridized carbons (Fsp3) is 0.667. The van der Waals surface area contributed by atoms with Crippen LogP contribution in [0, 0.1) is 11.8 Å². The molecule has 0 spiro atoms. The van der Waals surface area contributed by atoms with Gasteiger partial charge >= 0.3 is 234 Å². The summed E-state index contributed by atoms with van der Waals surface area (Å²) in [5, 5.41) is 4.16. The normalized spacial score (nSPS) is 34.4. The minimum atomic E-state index is -1.41. The molecule has 2 fully saturated rings. The van der Waals surface area contributed by atoms with Crippen LogP contribution >= 0.6 is 0 Å². The molecule has 1 aromatic rings. The van der Waals surface area contributed by atoms with Gasteiger partial charge in [0.1, 0.15) is 0 Å². The van der Waals surface area contributed by atoms with Crippen molar-refractivity contribution in [3.8, 4) is 0 Å². The van der Waals surface area contributed by atoms with Crippen molar-refractivity contribution in [3.05, 3.63) is 30.3 Å². The SMILES string of the molecule is COCO[C@]1(C2O[C@H](CC(=O)OC(C)(C)C)O[C@@]2(C)C(=O)[Te]c2ccccc2)C[C@H](C)[C@@H]2ON=C(OC)[C@@H]21. The van der Waals surface area contributed by atoms with Crippen molar-refractivity contribution in [2.24, 2.45) is 17.0 Å². The number of esters is 1. The van der Waals surface area contributed by atoms with Crippen LogP contribution in [-0.4, -0.2) is 92.9 Å². The van der Waals surface area contributed by atoms with E-state index in [0.717, 1.165) is 3.61 Å². The Morgan fingerprint density at radius 3 is 2.53 bits per heavy atom. The first-order chi connectivity index (χ1) is 17.9. The van der Waals surface area contributed by atoms with Crippen molar-refractivity contribution in [1.82, 2.24) is 0 Å². The van der Waals surface area contributed by atoms with E-state index in [4.69, 9.17) is 33.3 Å². The third-order valence-corrected chi connectivity index (χ3v) is 10.1. The number of hydrogen-bond acceptors (Lipinski definition) is 10. The molecule has 0 radical (unpaired) electrons. The number of methoxy groups -OCH3 is 2. The summed E-state index contributed by atoms with van der Waals surface area (Å²) in [7, 11) is 3.06. The molecule has 7 atom stereocenters. The number of carbonyl (C=O) groups is 2. The summed E-state index contributed by atoms with van der Waals surface area (Å²) in [5.41, 5.74) is -3.20. The topological polar surface area (TPSA) is 111 Å². The van der Waals surface area contributed by atoms with Gasteiger partial charge in [0, 0.05) is 0 Å². The molecule has 0 amide bonds. The van der Waals surface area contributed by atoms with Gasteiger partial charge in [-0.05, 0) is 0 Å². The van der Waals surface area contributed by atoms with Crippen molar-refractivity contribution >= 4 is 40.2 Å². The summed E-state index contributed by atoms with van der Waals surface area (Å²) in [4.78, 5) is 32.5. The summed E-state index contributed by atoms with van der Waals surface area (Å²) in [6.07, 6.45) is -1.92. The zero-order valence-electron chi connectivity index (χ0n) is 22.9. The van der Waals surface area contributed by atoms with E-state index in [-0.39, 0.29) is 29.1 Å². The van der Waals surface area contributed by atoms with Gasteiger partial charge in [-0.1, -0.05) is 0 Å². The molecule has 1 unspecified atom stereocenters. The number of fused-ring (bicyclic) bond motifs is 1. The zero-order valence-corrected chi connectivity index (χ0v) is 25.3. The molecule has 38 heavy (non-hydrogen) atoms. The Morgan fingerprint density at radius 1 is 1.18 bits per heavy atom. The number of benzene rings is 1. The third kappa shape index (κ3) is 5.74. The van der Waals surface area contributed by atoms with Crippen LogP contribution in [0.5, 0.6) is 0 Å². The van der Waals surface area contributed by atoms with Crippen molar-refractivity contribution in [3.63, 3.8) is 0 Å². The Morgan fingerprint density at radius 2 is 1.89 bits per heavy atom. The Bertz CT molecular complexity index is 1040. The van der Waals surface area contributed by atoms with E-state index in [0.29, 0.717) is 12.3 Å². The van der Waals surface area contributed by atoms with E-state index in [1.165, 1.54) is 14.2 Å². The van der Waals surface area contributed by atoms with Gasteiger partial charge in [-0.3, -0.25) is 0 Å². The molecule has 0 bridgehead atoms. The van der Waals surface area contributed by atoms with Crippen molar-refractivity contribution < 1.29 is 42.8 Å². The molecule has 1 saturated carbocycles. The van der Waals surface area contributed by atoms with Gasteiger partial charge < -0.3 is 0 Å². The fourth-order valence-electron chi connectivity index (χ4n) is 5.55. The maximum absolute atomic E-state index is 14.1. The van der Waals surface area contributed by atoms with Gasteiger partial charge in [-0.15, -0.1) is 0 Å². The number of oxime groups is 1. The van der Waals surface area contributed by atoms with Crippen molar-refractivity contribution in [2.75, 3.05) is 21.0 Å². The second kappa shape index (κ2) is 11.4. The molecule has 0 N–H and O–H groups in total. The van der Waals surface area contributed by atoms with Gasteiger partial charge in [0.15, 0.2) is 0 Å². The van der Waals surface area contributed by atoms with E-state index in [2.05, 4.69) is 5.16 Å². The number of carbonyl (C=O) groups excluding carboxylic acids is 2. The molecule has 0 aromatic heterocycles. The molecule has 210 valence electrons. The molecule has 1 saturated heterocycles. The second-order valence-corrected chi connectivity index (χ2v) is 14.0. The summed E-state index contributed by atoms with van der Waals surface area (Å²) in [6, 6.07) is 9.62. The Labute approximate surface area is 233 Å². The van der Waals surface area contributed by atoms with E-state index in [1.807, 2.05) is 37.3 Å². The van der Waals surface area contributed by atoms with Crippen LogP contribution < -0.4 is 3.61 Å². The molecule has 2 aliphatic heterocycles. The molecule has 10 nitrogen and oxygen atoms in total. The van der Waals surface area contributed by atoms with E-state index in [1.54, 1.807) is 27.7 Å². The first-order valence-corrected chi connectivity index (χ1v) is 15.0. The minimum absolute atomic E-state index is 0.00620. The Kier molecular flexibility index (Phi) is 8.77. The standard InChI is InChI=1S/C27H37NO9Te/c1-16-14-27(33-15-31-6,20-21(16)37-28-22(20)32-7)23-26(5,24(30)38-17-11-9-8-10-12-17)36-19(34-23)13-18(29)35-25(2,3)4/h8-12,16,19-21,23H,13-15H2,1-7H3/t16-,19-,20+,21-,23?,26+,27+/m0/s1. The van der Waals surface area contributed by atoms with Gasteiger partial charge in [0.2, 0.25) is 0 Å². The average molecular weight is 647 g/mol. The van der Waals surface area contributed by atoms with Gasteiger partial charge in [-0.25, -0.2) is 0 Å². The number of ether oxygens (including phenoxy) is 6. The summed E-state index contributed by atoms with van der Waals surface area (Å²) in [5.74, 6) is -0.572. The predicted molar refractivity (Wildman–Crippen MR) is 138 cm³/mol. The summed E-state index contributed by atoms with van der Waals surface area (Å²) in [6.45, 7) is 9.10. The zero-order chi connectivity index (χ0) is 27.7. The van der Waals surface area contributed by atoms with Crippen LogP contribution in [-0.2, 0) is 42.8 Å². The molecular weight excluding hydrogens is 610 g/mol. The van der Waals surface area contributed by atoms with Gasteiger partial charge in [-0.2, -0.15) is 0 Å². The summed E-state index contributed by atoms with van der Waals surface area (Å²) >= 11 is -1.35. The predicted octanol–water partition coefficient (Wildman–Crippen LogP) is 2.15. The second-order valence-electron chi connectivity index (χ2n) is 11.0. The fourth-order valence-corrected chi connectivity index (χ4v) is 8.02. The molecular formula is C27H37NO9Te. The van der Waals surface area contributed by atoms with Crippen LogP contribution in [0.4, 0.5) is 0 Å². The maximum atomic E-state index is 14.1. The van der Waals surface area contributed by atoms with Gasteiger partial charge in [0.05, 0.1) is 0 Å². The first-order valence-electron chi connectivity index (χ1n) is 12.7. The Balaban J connectivity index is 1.73. The first kappa shape index (κ1) is 29.2.